The largest absolute Gasteiger partial charge is 0.358 e. The molecule has 1 aliphatic heterocycles. The summed E-state index contributed by atoms with van der Waals surface area (Å²) in [6.07, 6.45) is 7.95. The predicted octanol–water partition coefficient (Wildman–Crippen LogP) is 3.43. The first-order valence-electron chi connectivity index (χ1n) is 8.80. The number of fused-ring (bicyclic) bond motifs is 2. The Kier molecular flexibility index (Phi) is 5.33. The van der Waals surface area contributed by atoms with E-state index in [0.29, 0.717) is 12.0 Å². The maximum absolute atomic E-state index is 12.5. The van der Waals surface area contributed by atoms with E-state index in [-0.39, 0.29) is 11.2 Å². The van der Waals surface area contributed by atoms with E-state index in [0.717, 1.165) is 29.2 Å². The summed E-state index contributed by atoms with van der Waals surface area (Å²) in [5.74, 6) is 2.64. The molecule has 0 aromatic heterocycles. The SMILES string of the molecule is CC(SC(=S)N1CCCC1)C(=O)NC(C)C1CC2CCC1C2. The van der Waals surface area contributed by atoms with Crippen LogP contribution in [0.5, 0.6) is 0 Å². The van der Waals surface area contributed by atoms with E-state index in [1.54, 1.807) is 11.8 Å². The monoisotopic (exact) mass is 340 g/mol. The Morgan fingerprint density at radius 3 is 2.55 bits per heavy atom. The lowest BCUT2D eigenvalue weighted by molar-refractivity contribution is -0.121. The molecule has 3 aliphatic rings. The van der Waals surface area contributed by atoms with E-state index in [1.165, 1.54) is 38.5 Å². The van der Waals surface area contributed by atoms with Crippen LogP contribution < -0.4 is 5.32 Å². The van der Waals surface area contributed by atoms with Crippen molar-refractivity contribution in [1.29, 1.82) is 0 Å². The standard InChI is InChI=1S/C17H28N2OS2/c1-11(15-10-13-5-6-14(15)9-13)18-16(20)12(2)22-17(21)19-7-3-4-8-19/h11-15H,3-10H2,1-2H3,(H,18,20). The van der Waals surface area contributed by atoms with Gasteiger partial charge in [0.05, 0.1) is 5.25 Å². The number of carbonyl (C=O) groups is 1. The Bertz CT molecular complexity index is 436. The van der Waals surface area contributed by atoms with Crippen LogP contribution in [-0.4, -0.2) is 39.5 Å². The van der Waals surface area contributed by atoms with E-state index in [9.17, 15) is 4.79 Å². The van der Waals surface area contributed by atoms with Crippen molar-refractivity contribution in [1.82, 2.24) is 10.2 Å². The molecule has 5 atom stereocenters. The van der Waals surface area contributed by atoms with Gasteiger partial charge in [-0.15, -0.1) is 0 Å². The van der Waals surface area contributed by atoms with Gasteiger partial charge in [-0.3, -0.25) is 4.79 Å². The summed E-state index contributed by atoms with van der Waals surface area (Å²) in [5.41, 5.74) is 0. The molecule has 5 unspecified atom stereocenters. The Labute approximate surface area is 144 Å². The normalized spacial score (nSPS) is 33.0. The number of amides is 1. The minimum atomic E-state index is -0.0888. The van der Waals surface area contributed by atoms with Crippen molar-refractivity contribution in [3.8, 4) is 0 Å². The van der Waals surface area contributed by atoms with Gasteiger partial charge in [0.2, 0.25) is 5.91 Å². The first-order valence-corrected chi connectivity index (χ1v) is 10.1. The molecule has 124 valence electrons. The summed E-state index contributed by atoms with van der Waals surface area (Å²) >= 11 is 7.03. The van der Waals surface area contributed by atoms with Gasteiger partial charge >= 0.3 is 0 Å². The van der Waals surface area contributed by atoms with Crippen molar-refractivity contribution in [3.05, 3.63) is 0 Å². The van der Waals surface area contributed by atoms with E-state index >= 15 is 0 Å². The summed E-state index contributed by atoms with van der Waals surface area (Å²) in [7, 11) is 0. The first kappa shape index (κ1) is 16.6. The first-order chi connectivity index (χ1) is 10.5. The van der Waals surface area contributed by atoms with Gasteiger partial charge in [-0.2, -0.15) is 0 Å². The molecule has 3 nitrogen and oxygen atoms in total. The summed E-state index contributed by atoms with van der Waals surface area (Å²) < 4.78 is 0.896. The third kappa shape index (κ3) is 3.61. The molecular formula is C17H28N2OS2. The molecule has 0 aromatic rings. The second-order valence-corrected chi connectivity index (χ2v) is 9.33. The lowest BCUT2D eigenvalue weighted by atomic mass is 9.84. The lowest BCUT2D eigenvalue weighted by Gasteiger charge is -2.29. The van der Waals surface area contributed by atoms with Crippen LogP contribution in [0.2, 0.25) is 0 Å². The summed E-state index contributed by atoms with van der Waals surface area (Å²) in [6.45, 7) is 6.29. The zero-order chi connectivity index (χ0) is 15.7. The van der Waals surface area contributed by atoms with Crippen LogP contribution in [0.15, 0.2) is 0 Å². The number of likely N-dealkylation sites (tertiary alicyclic amines) is 1. The topological polar surface area (TPSA) is 32.3 Å². The van der Waals surface area contributed by atoms with Gasteiger partial charge < -0.3 is 10.2 Å². The van der Waals surface area contributed by atoms with Gasteiger partial charge in [0.25, 0.3) is 0 Å². The van der Waals surface area contributed by atoms with Crippen molar-refractivity contribution in [2.75, 3.05) is 13.1 Å². The number of carbonyl (C=O) groups excluding carboxylic acids is 1. The number of thioether (sulfide) groups is 1. The highest BCUT2D eigenvalue weighted by atomic mass is 32.2. The second kappa shape index (κ2) is 7.08. The van der Waals surface area contributed by atoms with Gasteiger partial charge in [-0.25, -0.2) is 0 Å². The van der Waals surface area contributed by atoms with Gasteiger partial charge in [0.1, 0.15) is 4.32 Å². The number of nitrogens with one attached hydrogen (secondary N) is 1. The molecule has 2 saturated carbocycles. The highest BCUT2D eigenvalue weighted by molar-refractivity contribution is 8.23. The van der Waals surface area contributed by atoms with Crippen molar-refractivity contribution in [2.24, 2.45) is 17.8 Å². The van der Waals surface area contributed by atoms with E-state index in [4.69, 9.17) is 12.2 Å². The fourth-order valence-corrected chi connectivity index (χ4v) is 5.96. The molecule has 1 heterocycles. The molecule has 22 heavy (non-hydrogen) atoms. The zero-order valence-corrected chi connectivity index (χ0v) is 15.3. The minimum absolute atomic E-state index is 0.0888. The molecule has 0 spiro atoms. The Balaban J connectivity index is 1.45. The fraction of sp³-hybridized carbons (Fsp3) is 0.882. The van der Waals surface area contributed by atoms with Crippen LogP contribution in [-0.2, 0) is 4.79 Å². The van der Waals surface area contributed by atoms with E-state index < -0.39 is 0 Å². The summed E-state index contributed by atoms with van der Waals surface area (Å²) in [5, 5.41) is 3.18. The lowest BCUT2D eigenvalue weighted by Crippen LogP contribution is -2.43. The molecule has 3 rings (SSSR count). The van der Waals surface area contributed by atoms with Crippen LogP contribution in [0.25, 0.3) is 0 Å². The zero-order valence-electron chi connectivity index (χ0n) is 13.7. The maximum atomic E-state index is 12.5. The highest BCUT2D eigenvalue weighted by Gasteiger charge is 2.42. The van der Waals surface area contributed by atoms with Crippen molar-refractivity contribution < 1.29 is 4.79 Å². The smallest absolute Gasteiger partial charge is 0.233 e. The number of rotatable bonds is 4. The average Bonchev–Trinajstić information content (AvgIpc) is 3.23. The minimum Gasteiger partial charge on any atom is -0.358 e. The van der Waals surface area contributed by atoms with Crippen LogP contribution in [0, 0.1) is 17.8 Å². The molecular weight excluding hydrogens is 312 g/mol. The highest BCUT2D eigenvalue weighted by Crippen LogP contribution is 2.49. The maximum Gasteiger partial charge on any atom is 0.233 e. The third-order valence-electron chi connectivity index (χ3n) is 5.82. The number of hydrogen-bond acceptors (Lipinski definition) is 3. The molecule has 0 aromatic carbocycles. The second-order valence-electron chi connectivity index (χ2n) is 7.36. The molecule has 1 N–H and O–H groups in total. The number of hydrogen-bond donors (Lipinski definition) is 1. The molecule has 3 fully saturated rings. The molecule has 2 bridgehead atoms. The predicted molar refractivity (Wildman–Crippen MR) is 97.0 cm³/mol. The van der Waals surface area contributed by atoms with Crippen molar-refractivity contribution >= 4 is 34.2 Å². The molecule has 1 amide bonds. The van der Waals surface area contributed by atoms with Crippen LogP contribution in [0.4, 0.5) is 0 Å². The Morgan fingerprint density at radius 1 is 1.23 bits per heavy atom. The third-order valence-corrected chi connectivity index (χ3v) is 7.39. The van der Waals surface area contributed by atoms with Gasteiger partial charge in [0, 0.05) is 19.1 Å². The number of thiocarbonyl (C=S) groups is 1. The van der Waals surface area contributed by atoms with Gasteiger partial charge in [-0.05, 0) is 63.7 Å². The van der Waals surface area contributed by atoms with Crippen LogP contribution in [0.3, 0.4) is 0 Å². The number of nitrogens with zero attached hydrogens (tertiary/aromatic N) is 1. The van der Waals surface area contributed by atoms with Crippen LogP contribution >= 0.6 is 24.0 Å². The van der Waals surface area contributed by atoms with Crippen LogP contribution in [0.1, 0.15) is 52.4 Å². The molecule has 2 aliphatic carbocycles. The molecule has 5 heteroatoms. The van der Waals surface area contributed by atoms with Gasteiger partial charge in [-0.1, -0.05) is 30.4 Å². The molecule has 0 radical (unpaired) electrons. The summed E-state index contributed by atoms with van der Waals surface area (Å²) in [4.78, 5) is 14.7. The average molecular weight is 341 g/mol. The van der Waals surface area contributed by atoms with E-state index in [2.05, 4.69) is 17.1 Å². The van der Waals surface area contributed by atoms with Crippen molar-refractivity contribution in [2.45, 2.75) is 63.7 Å². The Morgan fingerprint density at radius 2 is 1.95 bits per heavy atom. The summed E-state index contributed by atoms with van der Waals surface area (Å²) in [6, 6.07) is 0.311. The van der Waals surface area contributed by atoms with E-state index in [1.807, 2.05) is 6.92 Å². The Hall–Kier alpha value is -0.290. The molecule has 1 saturated heterocycles. The fourth-order valence-electron chi connectivity index (χ4n) is 4.53. The van der Waals surface area contributed by atoms with Crippen molar-refractivity contribution in [3.63, 3.8) is 0 Å². The van der Waals surface area contributed by atoms with Gasteiger partial charge in [0.15, 0.2) is 0 Å². The quantitative estimate of drug-likeness (QED) is 0.795.